The standard InChI is InChI=1S/C35H40FN7O4/c1-3-24-26(36)7-6-22-14-23(44)15-28(29(22)24)41-13-8-25-27(18-41)37-33(47-20-34-9-4-12-43(34)17-21(2)16-34)38-30(25)42-11-5-10-35(19-42)31(45)39-32(46)40-35/h6-7,14-15,44H,2-5,8-13,16-20H2,1H3,(H2,39,40,45,46)/t34-,35?/m0/s1. The van der Waals surface area contributed by atoms with Gasteiger partial charge in [-0.3, -0.25) is 15.0 Å². The lowest BCUT2D eigenvalue weighted by atomic mass is 9.88. The molecule has 3 aromatic rings. The van der Waals surface area contributed by atoms with Gasteiger partial charge >= 0.3 is 12.0 Å². The lowest BCUT2D eigenvalue weighted by Crippen LogP contribution is -2.59. The molecule has 11 nitrogen and oxygen atoms in total. The molecule has 246 valence electrons. The van der Waals surface area contributed by atoms with Crippen molar-refractivity contribution in [3.8, 4) is 11.8 Å². The fourth-order valence-electron chi connectivity index (χ4n) is 8.69. The van der Waals surface area contributed by atoms with Gasteiger partial charge < -0.3 is 25.0 Å². The van der Waals surface area contributed by atoms with Gasteiger partial charge in [0.25, 0.3) is 5.91 Å². The maximum Gasteiger partial charge on any atom is 0.322 e. The van der Waals surface area contributed by atoms with Crippen LogP contribution >= 0.6 is 0 Å². The van der Waals surface area contributed by atoms with Crippen LogP contribution in [0.25, 0.3) is 10.8 Å². The van der Waals surface area contributed by atoms with Gasteiger partial charge in [-0.25, -0.2) is 9.18 Å². The molecule has 8 rings (SSSR count). The summed E-state index contributed by atoms with van der Waals surface area (Å²) in [6, 6.07) is 6.37. The lowest BCUT2D eigenvalue weighted by molar-refractivity contribution is -0.124. The molecule has 4 fully saturated rings. The number of carbonyl (C=O) groups excluding carboxylic acids is 2. The number of urea groups is 1. The summed E-state index contributed by atoms with van der Waals surface area (Å²) in [6.07, 6.45) is 5.40. The van der Waals surface area contributed by atoms with Crippen molar-refractivity contribution >= 4 is 34.2 Å². The van der Waals surface area contributed by atoms with E-state index in [9.17, 15) is 14.7 Å². The number of rotatable bonds is 6. The van der Waals surface area contributed by atoms with Gasteiger partial charge in [0, 0.05) is 42.3 Å². The number of aromatic nitrogens is 2. The summed E-state index contributed by atoms with van der Waals surface area (Å²) in [5.74, 6) is 0.264. The number of aryl methyl sites for hydroxylation is 1. The van der Waals surface area contributed by atoms with Crippen molar-refractivity contribution in [2.75, 3.05) is 49.1 Å². The van der Waals surface area contributed by atoms with Crippen LogP contribution < -0.4 is 25.2 Å². The molecule has 1 spiro atoms. The van der Waals surface area contributed by atoms with Gasteiger partial charge in [0.1, 0.15) is 29.5 Å². The highest BCUT2D eigenvalue weighted by molar-refractivity contribution is 6.07. The smallest absolute Gasteiger partial charge is 0.322 e. The topological polar surface area (TPSA) is 123 Å². The number of anilines is 2. The largest absolute Gasteiger partial charge is 0.508 e. The van der Waals surface area contributed by atoms with E-state index in [2.05, 4.69) is 31.9 Å². The fourth-order valence-corrected chi connectivity index (χ4v) is 8.69. The minimum Gasteiger partial charge on any atom is -0.508 e. The summed E-state index contributed by atoms with van der Waals surface area (Å²) in [6.45, 7) is 10.5. The van der Waals surface area contributed by atoms with Gasteiger partial charge in [0.2, 0.25) is 0 Å². The molecule has 5 aliphatic heterocycles. The Morgan fingerprint density at radius 3 is 2.74 bits per heavy atom. The van der Waals surface area contributed by atoms with E-state index in [1.807, 2.05) is 6.92 Å². The molecule has 0 aliphatic carbocycles. The van der Waals surface area contributed by atoms with E-state index in [0.717, 1.165) is 65.9 Å². The Morgan fingerprint density at radius 1 is 1.09 bits per heavy atom. The van der Waals surface area contributed by atoms with Crippen LogP contribution in [0.4, 0.5) is 20.7 Å². The van der Waals surface area contributed by atoms with Gasteiger partial charge in [0.15, 0.2) is 0 Å². The van der Waals surface area contributed by atoms with E-state index in [0.29, 0.717) is 64.0 Å². The first-order valence-corrected chi connectivity index (χ1v) is 16.7. The van der Waals surface area contributed by atoms with Crippen molar-refractivity contribution in [2.24, 2.45) is 0 Å². The minimum absolute atomic E-state index is 0.106. The number of imide groups is 1. The monoisotopic (exact) mass is 641 g/mol. The third kappa shape index (κ3) is 4.95. The number of carbonyl (C=O) groups is 2. The van der Waals surface area contributed by atoms with Gasteiger partial charge in [-0.1, -0.05) is 25.1 Å². The van der Waals surface area contributed by atoms with E-state index in [4.69, 9.17) is 14.7 Å². The van der Waals surface area contributed by atoms with Crippen LogP contribution in [0.5, 0.6) is 11.8 Å². The number of aromatic hydroxyl groups is 1. The first-order chi connectivity index (χ1) is 22.7. The number of phenols is 1. The molecule has 3 amide bonds. The Bertz CT molecular complexity index is 1830. The normalized spacial score (nSPS) is 25.8. The molecule has 1 unspecified atom stereocenters. The number of benzene rings is 2. The number of ether oxygens (including phenoxy) is 1. The predicted molar refractivity (Wildman–Crippen MR) is 175 cm³/mol. The summed E-state index contributed by atoms with van der Waals surface area (Å²) in [5.41, 5.74) is 3.23. The molecule has 0 bridgehead atoms. The Hall–Kier alpha value is -4.45. The average molecular weight is 642 g/mol. The third-order valence-corrected chi connectivity index (χ3v) is 10.9. The molecule has 3 N–H and O–H groups in total. The van der Waals surface area contributed by atoms with E-state index in [1.165, 1.54) is 11.6 Å². The first-order valence-electron chi connectivity index (χ1n) is 16.7. The van der Waals surface area contributed by atoms with Crippen molar-refractivity contribution in [2.45, 2.75) is 69.5 Å². The van der Waals surface area contributed by atoms with E-state index >= 15 is 4.39 Å². The number of hydrogen-bond donors (Lipinski definition) is 3. The van der Waals surface area contributed by atoms with Gasteiger partial charge in [0.05, 0.1) is 24.3 Å². The highest BCUT2D eigenvalue weighted by atomic mass is 19.1. The van der Waals surface area contributed by atoms with E-state index in [-0.39, 0.29) is 29.0 Å². The zero-order valence-electron chi connectivity index (χ0n) is 26.7. The number of halogens is 1. The molecule has 6 heterocycles. The molecule has 2 atom stereocenters. The second kappa shape index (κ2) is 11.1. The Balaban J connectivity index is 1.18. The second-order valence-electron chi connectivity index (χ2n) is 13.8. The Morgan fingerprint density at radius 2 is 1.94 bits per heavy atom. The zero-order chi connectivity index (χ0) is 32.5. The number of piperidine rings is 1. The van der Waals surface area contributed by atoms with Crippen molar-refractivity contribution in [3.63, 3.8) is 0 Å². The maximum absolute atomic E-state index is 15.0. The number of nitrogens with zero attached hydrogens (tertiary/aromatic N) is 5. The Kier molecular flexibility index (Phi) is 7.05. The van der Waals surface area contributed by atoms with Crippen molar-refractivity contribution in [3.05, 3.63) is 59.1 Å². The lowest BCUT2D eigenvalue weighted by Gasteiger charge is -2.40. The maximum atomic E-state index is 15.0. The minimum atomic E-state index is -1.01. The quantitative estimate of drug-likeness (QED) is 0.271. The molecular formula is C35H40FN7O4. The van der Waals surface area contributed by atoms with Gasteiger partial charge in [-0.05, 0) is 74.6 Å². The van der Waals surface area contributed by atoms with Crippen molar-refractivity contribution < 1.29 is 23.8 Å². The van der Waals surface area contributed by atoms with Gasteiger partial charge in [-0.2, -0.15) is 9.97 Å². The molecule has 5 aliphatic rings. The molecular weight excluding hydrogens is 601 g/mol. The number of fused-ring (bicyclic) bond motifs is 3. The Labute approximate surface area is 272 Å². The summed E-state index contributed by atoms with van der Waals surface area (Å²) in [4.78, 5) is 41.8. The summed E-state index contributed by atoms with van der Waals surface area (Å²) in [7, 11) is 0. The summed E-state index contributed by atoms with van der Waals surface area (Å²) < 4.78 is 21.5. The molecule has 2 aromatic carbocycles. The number of amides is 3. The molecule has 12 heteroatoms. The molecule has 4 saturated heterocycles. The first kappa shape index (κ1) is 29.9. The summed E-state index contributed by atoms with van der Waals surface area (Å²) >= 11 is 0. The fraction of sp³-hybridized carbons (Fsp3) is 0.486. The number of hydrogen-bond acceptors (Lipinski definition) is 9. The third-order valence-electron chi connectivity index (χ3n) is 10.9. The van der Waals surface area contributed by atoms with Crippen LogP contribution in [-0.4, -0.2) is 82.3 Å². The van der Waals surface area contributed by atoms with Gasteiger partial charge in [-0.15, -0.1) is 0 Å². The van der Waals surface area contributed by atoms with Crippen LogP contribution in [0.15, 0.2) is 36.4 Å². The van der Waals surface area contributed by atoms with Crippen LogP contribution in [0.3, 0.4) is 0 Å². The SMILES string of the molecule is C=C1CN2CCC[C@@]2(COc2nc3c(c(N4CCCC5(C4)NC(=O)NC5=O)n2)CCN(c2cc(O)cc4ccc(F)c(CC)c24)C3)C1. The van der Waals surface area contributed by atoms with Crippen LogP contribution in [0.2, 0.25) is 0 Å². The van der Waals surface area contributed by atoms with Crippen molar-refractivity contribution in [1.82, 2.24) is 25.5 Å². The number of phenolic OH excluding ortho intramolecular Hbond substituents is 1. The summed E-state index contributed by atoms with van der Waals surface area (Å²) in [5, 5.41) is 17.6. The van der Waals surface area contributed by atoms with Crippen LogP contribution in [0.1, 0.15) is 55.8 Å². The predicted octanol–water partition coefficient (Wildman–Crippen LogP) is 3.95. The number of nitrogens with one attached hydrogen (secondary N) is 2. The molecule has 0 radical (unpaired) electrons. The van der Waals surface area contributed by atoms with E-state index in [1.54, 1.807) is 18.2 Å². The van der Waals surface area contributed by atoms with Crippen LogP contribution in [-0.2, 0) is 24.2 Å². The highest BCUT2D eigenvalue weighted by Crippen LogP contribution is 2.42. The molecule has 47 heavy (non-hydrogen) atoms. The van der Waals surface area contributed by atoms with E-state index < -0.39 is 11.6 Å². The average Bonchev–Trinajstić information content (AvgIpc) is 3.67. The zero-order valence-corrected chi connectivity index (χ0v) is 26.7. The van der Waals surface area contributed by atoms with Crippen LogP contribution in [0, 0.1) is 5.82 Å². The molecule has 1 aromatic heterocycles. The molecule has 0 saturated carbocycles. The highest BCUT2D eigenvalue weighted by Gasteiger charge is 2.50. The second-order valence-corrected chi connectivity index (χ2v) is 13.8. The van der Waals surface area contributed by atoms with Crippen molar-refractivity contribution in [1.29, 1.82) is 0 Å².